The molecule has 0 saturated carbocycles. The van der Waals surface area contributed by atoms with Crippen molar-refractivity contribution in [3.05, 3.63) is 70.9 Å². The lowest BCUT2D eigenvalue weighted by Gasteiger charge is -2.33. The highest BCUT2D eigenvalue weighted by atomic mass is 35.5. The minimum absolute atomic E-state index is 0.163. The Morgan fingerprint density at radius 2 is 1.86 bits per heavy atom. The van der Waals surface area contributed by atoms with Crippen LogP contribution in [0.4, 0.5) is 0 Å². The number of aromatic nitrogens is 1. The fourth-order valence-corrected chi connectivity index (χ4v) is 4.48. The fourth-order valence-electron chi connectivity index (χ4n) is 4.21. The van der Waals surface area contributed by atoms with E-state index >= 15 is 0 Å². The Bertz CT molecular complexity index is 959. The van der Waals surface area contributed by atoms with Gasteiger partial charge in [-0.2, -0.15) is 0 Å². The number of hydrogen-bond donors (Lipinski definition) is 2. The summed E-state index contributed by atoms with van der Waals surface area (Å²) in [5, 5.41) is 5.78. The van der Waals surface area contributed by atoms with Crippen LogP contribution < -0.4 is 5.32 Å². The quantitative estimate of drug-likeness (QED) is 0.665. The first kappa shape index (κ1) is 19.0. The molecule has 1 fully saturated rings. The standard InChI is InChI=1S/C23H26ClN3O/c1-16(28)27-12-10-17(11-13-27)25-14-20(18-6-2-4-8-22(18)24)21-15-26-23-9-5-3-7-19(21)23/h2-9,15,17,20,25-26H,10-14H2,1H3/t20-/m1/s1. The Morgan fingerprint density at radius 1 is 1.14 bits per heavy atom. The highest BCUT2D eigenvalue weighted by molar-refractivity contribution is 6.31. The van der Waals surface area contributed by atoms with Crippen molar-refractivity contribution in [2.24, 2.45) is 0 Å². The molecule has 4 rings (SSSR count). The number of piperidine rings is 1. The molecule has 28 heavy (non-hydrogen) atoms. The van der Waals surface area contributed by atoms with Gasteiger partial charge in [0.2, 0.25) is 5.91 Å². The number of carbonyl (C=O) groups excluding carboxylic acids is 1. The third-order valence-corrected chi connectivity index (χ3v) is 6.17. The molecule has 146 valence electrons. The number of halogens is 1. The highest BCUT2D eigenvalue weighted by Crippen LogP contribution is 2.34. The molecule has 0 aliphatic carbocycles. The van der Waals surface area contributed by atoms with Crippen LogP contribution in [0.2, 0.25) is 5.02 Å². The lowest BCUT2D eigenvalue weighted by Crippen LogP contribution is -2.45. The van der Waals surface area contributed by atoms with E-state index in [0.717, 1.165) is 48.6 Å². The molecule has 5 heteroatoms. The summed E-state index contributed by atoms with van der Waals surface area (Å²) in [5.74, 6) is 0.335. The van der Waals surface area contributed by atoms with Gasteiger partial charge in [-0.15, -0.1) is 0 Å². The van der Waals surface area contributed by atoms with E-state index in [9.17, 15) is 4.79 Å². The number of nitrogens with zero attached hydrogens (tertiary/aromatic N) is 1. The molecular formula is C23H26ClN3O. The van der Waals surface area contributed by atoms with Gasteiger partial charge < -0.3 is 15.2 Å². The van der Waals surface area contributed by atoms with E-state index in [-0.39, 0.29) is 11.8 Å². The summed E-state index contributed by atoms with van der Waals surface area (Å²) < 4.78 is 0. The van der Waals surface area contributed by atoms with Crippen LogP contribution in [-0.4, -0.2) is 41.5 Å². The van der Waals surface area contributed by atoms with Crippen LogP contribution >= 0.6 is 11.6 Å². The molecule has 2 heterocycles. The van der Waals surface area contributed by atoms with E-state index in [1.807, 2.05) is 23.1 Å². The van der Waals surface area contributed by atoms with Crippen LogP contribution in [0.1, 0.15) is 36.8 Å². The van der Waals surface area contributed by atoms with Crippen molar-refractivity contribution in [3.63, 3.8) is 0 Å². The van der Waals surface area contributed by atoms with Crippen molar-refractivity contribution in [1.82, 2.24) is 15.2 Å². The van der Waals surface area contributed by atoms with Gasteiger partial charge in [-0.05, 0) is 36.1 Å². The fraction of sp³-hybridized carbons (Fsp3) is 0.348. The number of rotatable bonds is 5. The van der Waals surface area contributed by atoms with Crippen LogP contribution in [0.3, 0.4) is 0 Å². The molecule has 0 radical (unpaired) electrons. The van der Waals surface area contributed by atoms with Crippen molar-refractivity contribution in [3.8, 4) is 0 Å². The van der Waals surface area contributed by atoms with Gasteiger partial charge >= 0.3 is 0 Å². The first-order valence-corrected chi connectivity index (χ1v) is 10.3. The van der Waals surface area contributed by atoms with Crippen molar-refractivity contribution in [1.29, 1.82) is 0 Å². The number of nitrogens with one attached hydrogen (secondary N) is 2. The molecule has 1 saturated heterocycles. The monoisotopic (exact) mass is 395 g/mol. The van der Waals surface area contributed by atoms with E-state index in [1.54, 1.807) is 6.92 Å². The zero-order chi connectivity index (χ0) is 19.5. The van der Waals surface area contributed by atoms with E-state index < -0.39 is 0 Å². The molecule has 1 atom stereocenters. The number of hydrogen-bond acceptors (Lipinski definition) is 2. The van der Waals surface area contributed by atoms with Gasteiger partial charge in [0.25, 0.3) is 0 Å². The summed E-state index contributed by atoms with van der Waals surface area (Å²) in [6, 6.07) is 16.9. The number of aromatic amines is 1. The first-order chi connectivity index (χ1) is 13.6. The van der Waals surface area contributed by atoms with Crippen LogP contribution in [0, 0.1) is 0 Å². The molecule has 3 aromatic rings. The lowest BCUT2D eigenvalue weighted by atomic mass is 9.90. The zero-order valence-corrected chi connectivity index (χ0v) is 16.9. The van der Waals surface area contributed by atoms with Crippen molar-refractivity contribution in [2.75, 3.05) is 19.6 Å². The number of H-pyrrole nitrogens is 1. The van der Waals surface area contributed by atoms with E-state index in [2.05, 4.69) is 46.8 Å². The smallest absolute Gasteiger partial charge is 0.219 e. The molecule has 1 aliphatic heterocycles. The number of likely N-dealkylation sites (tertiary alicyclic amines) is 1. The van der Waals surface area contributed by atoms with Gasteiger partial charge in [0.1, 0.15) is 0 Å². The molecule has 2 aromatic carbocycles. The Balaban J connectivity index is 1.56. The second-order valence-corrected chi connectivity index (χ2v) is 7.96. The van der Waals surface area contributed by atoms with Gasteiger partial charge in [0.15, 0.2) is 0 Å². The van der Waals surface area contributed by atoms with Crippen molar-refractivity contribution < 1.29 is 4.79 Å². The summed E-state index contributed by atoms with van der Waals surface area (Å²) in [7, 11) is 0. The highest BCUT2D eigenvalue weighted by Gasteiger charge is 2.24. The third-order valence-electron chi connectivity index (χ3n) is 5.83. The summed E-state index contributed by atoms with van der Waals surface area (Å²) in [6.45, 7) is 4.13. The first-order valence-electron chi connectivity index (χ1n) is 9.93. The third kappa shape index (κ3) is 3.94. The maximum atomic E-state index is 11.6. The molecule has 0 bridgehead atoms. The maximum absolute atomic E-state index is 11.6. The Morgan fingerprint density at radius 3 is 2.61 bits per heavy atom. The lowest BCUT2D eigenvalue weighted by molar-refractivity contribution is -0.129. The summed E-state index contributed by atoms with van der Waals surface area (Å²) >= 11 is 6.58. The van der Waals surface area contributed by atoms with Gasteiger partial charge in [0, 0.05) is 60.6 Å². The van der Waals surface area contributed by atoms with Gasteiger partial charge in [-0.1, -0.05) is 48.0 Å². The van der Waals surface area contributed by atoms with Crippen LogP contribution in [0.25, 0.3) is 10.9 Å². The topological polar surface area (TPSA) is 48.1 Å². The second-order valence-electron chi connectivity index (χ2n) is 7.55. The Labute approximate surface area is 170 Å². The number of para-hydroxylation sites is 1. The number of fused-ring (bicyclic) bond motifs is 1. The molecule has 2 N–H and O–H groups in total. The number of carbonyl (C=O) groups is 1. The molecule has 0 unspecified atom stereocenters. The largest absolute Gasteiger partial charge is 0.361 e. The summed E-state index contributed by atoms with van der Waals surface area (Å²) in [4.78, 5) is 16.9. The minimum Gasteiger partial charge on any atom is -0.361 e. The second kappa shape index (κ2) is 8.38. The minimum atomic E-state index is 0.163. The maximum Gasteiger partial charge on any atom is 0.219 e. The predicted molar refractivity (Wildman–Crippen MR) is 115 cm³/mol. The predicted octanol–water partition coefficient (Wildman–Crippen LogP) is 4.55. The molecule has 4 nitrogen and oxygen atoms in total. The van der Waals surface area contributed by atoms with Gasteiger partial charge in [0.05, 0.1) is 0 Å². The average molecular weight is 396 g/mol. The average Bonchev–Trinajstić information content (AvgIpc) is 3.14. The number of amides is 1. The molecular weight excluding hydrogens is 370 g/mol. The molecule has 1 aromatic heterocycles. The molecule has 1 aliphatic rings. The van der Waals surface area contributed by atoms with Crippen molar-refractivity contribution >= 4 is 28.4 Å². The van der Waals surface area contributed by atoms with E-state index in [1.165, 1.54) is 10.9 Å². The molecule has 1 amide bonds. The van der Waals surface area contributed by atoms with Crippen LogP contribution in [0.5, 0.6) is 0 Å². The Kier molecular flexibility index (Phi) is 5.69. The zero-order valence-electron chi connectivity index (χ0n) is 16.1. The SMILES string of the molecule is CC(=O)N1CCC(NC[C@H](c2ccccc2Cl)c2c[nH]c3ccccc23)CC1. The van der Waals surface area contributed by atoms with E-state index in [0.29, 0.717) is 6.04 Å². The summed E-state index contributed by atoms with van der Waals surface area (Å²) in [6.07, 6.45) is 4.09. The van der Waals surface area contributed by atoms with Gasteiger partial charge in [-0.3, -0.25) is 4.79 Å². The van der Waals surface area contributed by atoms with Crippen LogP contribution in [-0.2, 0) is 4.79 Å². The number of benzene rings is 2. The Hall–Kier alpha value is -2.30. The normalized spacial score (nSPS) is 16.4. The van der Waals surface area contributed by atoms with E-state index in [4.69, 9.17) is 11.6 Å². The van der Waals surface area contributed by atoms with Crippen molar-refractivity contribution in [2.45, 2.75) is 31.7 Å². The molecule has 0 spiro atoms. The summed E-state index contributed by atoms with van der Waals surface area (Å²) in [5.41, 5.74) is 3.55. The van der Waals surface area contributed by atoms with Gasteiger partial charge in [-0.25, -0.2) is 0 Å². The van der Waals surface area contributed by atoms with Crippen LogP contribution in [0.15, 0.2) is 54.7 Å².